The van der Waals surface area contributed by atoms with Gasteiger partial charge < -0.3 is 0 Å². The molecular formula is C9H14O2S. The summed E-state index contributed by atoms with van der Waals surface area (Å²) < 4.78 is 0. The van der Waals surface area contributed by atoms with E-state index in [1.807, 2.05) is 13.8 Å². The molecule has 0 amide bonds. The SMILES string of the molecule is C=CC(=O)C(C)(C)CSC(C)=O. The van der Waals surface area contributed by atoms with Crippen molar-refractivity contribution in [1.82, 2.24) is 0 Å². The molecule has 0 radical (unpaired) electrons. The van der Waals surface area contributed by atoms with Crippen LogP contribution in [-0.4, -0.2) is 16.7 Å². The highest BCUT2D eigenvalue weighted by atomic mass is 32.2. The summed E-state index contributed by atoms with van der Waals surface area (Å²) in [5.41, 5.74) is -0.474. The van der Waals surface area contributed by atoms with Crippen molar-refractivity contribution in [1.29, 1.82) is 0 Å². The van der Waals surface area contributed by atoms with Gasteiger partial charge in [-0.15, -0.1) is 0 Å². The van der Waals surface area contributed by atoms with Gasteiger partial charge >= 0.3 is 0 Å². The third-order valence-electron chi connectivity index (χ3n) is 1.49. The van der Waals surface area contributed by atoms with Crippen LogP contribution in [0.3, 0.4) is 0 Å². The maximum atomic E-state index is 11.2. The van der Waals surface area contributed by atoms with Crippen molar-refractivity contribution in [2.45, 2.75) is 20.8 Å². The van der Waals surface area contributed by atoms with E-state index in [-0.39, 0.29) is 10.9 Å². The summed E-state index contributed by atoms with van der Waals surface area (Å²) in [7, 11) is 0. The van der Waals surface area contributed by atoms with Crippen molar-refractivity contribution >= 4 is 22.7 Å². The number of allylic oxidation sites excluding steroid dienone is 1. The minimum absolute atomic E-state index is 0.0174. The van der Waals surface area contributed by atoms with Gasteiger partial charge in [0.2, 0.25) is 0 Å². The molecule has 0 spiro atoms. The molecular weight excluding hydrogens is 172 g/mol. The molecule has 0 unspecified atom stereocenters. The molecule has 0 bridgehead atoms. The molecule has 0 aliphatic heterocycles. The number of carbonyl (C=O) groups excluding carboxylic acids is 2. The standard InChI is InChI=1S/C9H14O2S/c1-5-8(11)9(3,4)6-12-7(2)10/h5H,1,6H2,2-4H3. The lowest BCUT2D eigenvalue weighted by molar-refractivity contribution is -0.121. The van der Waals surface area contributed by atoms with Gasteiger partial charge in [0.15, 0.2) is 10.9 Å². The molecule has 0 aromatic rings. The van der Waals surface area contributed by atoms with Gasteiger partial charge in [-0.1, -0.05) is 32.2 Å². The maximum Gasteiger partial charge on any atom is 0.185 e. The number of rotatable bonds is 4. The maximum absolute atomic E-state index is 11.2. The molecule has 0 aliphatic carbocycles. The summed E-state index contributed by atoms with van der Waals surface area (Å²) in [5, 5.41) is 0.0416. The van der Waals surface area contributed by atoms with Crippen molar-refractivity contribution in [2.24, 2.45) is 5.41 Å². The molecule has 0 rings (SSSR count). The third-order valence-corrected chi connectivity index (χ3v) is 2.76. The molecule has 0 aliphatic rings. The Balaban J connectivity index is 4.12. The van der Waals surface area contributed by atoms with Crippen LogP contribution in [-0.2, 0) is 9.59 Å². The fourth-order valence-electron chi connectivity index (χ4n) is 0.629. The average molecular weight is 186 g/mol. The predicted molar refractivity (Wildman–Crippen MR) is 52.1 cm³/mol. The van der Waals surface area contributed by atoms with Gasteiger partial charge in [0.05, 0.1) is 0 Å². The summed E-state index contributed by atoms with van der Waals surface area (Å²) >= 11 is 1.17. The zero-order valence-electron chi connectivity index (χ0n) is 7.72. The van der Waals surface area contributed by atoms with E-state index in [1.165, 1.54) is 24.8 Å². The van der Waals surface area contributed by atoms with Crippen LogP contribution in [0, 0.1) is 5.41 Å². The molecule has 12 heavy (non-hydrogen) atoms. The first-order valence-electron chi connectivity index (χ1n) is 3.70. The lowest BCUT2D eigenvalue weighted by atomic mass is 9.91. The van der Waals surface area contributed by atoms with Gasteiger partial charge in [-0.25, -0.2) is 0 Å². The summed E-state index contributed by atoms with van der Waals surface area (Å²) in [6, 6.07) is 0. The quantitative estimate of drug-likeness (QED) is 0.630. The molecule has 0 saturated carbocycles. The first-order valence-corrected chi connectivity index (χ1v) is 4.69. The van der Waals surface area contributed by atoms with Crippen LogP contribution in [0.4, 0.5) is 0 Å². The normalized spacial score (nSPS) is 10.9. The number of hydrogen-bond donors (Lipinski definition) is 0. The van der Waals surface area contributed by atoms with Crippen molar-refractivity contribution in [2.75, 3.05) is 5.75 Å². The van der Waals surface area contributed by atoms with Gasteiger partial charge in [-0.2, -0.15) is 0 Å². The molecule has 3 heteroatoms. The smallest absolute Gasteiger partial charge is 0.185 e. The molecule has 0 aromatic carbocycles. The van der Waals surface area contributed by atoms with Crippen LogP contribution in [0.2, 0.25) is 0 Å². The van der Waals surface area contributed by atoms with Crippen LogP contribution >= 0.6 is 11.8 Å². The molecule has 0 N–H and O–H groups in total. The Morgan fingerprint density at radius 2 is 2.00 bits per heavy atom. The van der Waals surface area contributed by atoms with E-state index in [2.05, 4.69) is 6.58 Å². The lowest BCUT2D eigenvalue weighted by Gasteiger charge is -2.19. The second-order valence-corrected chi connectivity index (χ2v) is 4.38. The van der Waals surface area contributed by atoms with Crippen molar-refractivity contribution in [3.8, 4) is 0 Å². The Hall–Kier alpha value is -0.570. The Labute approximate surface area is 77.4 Å². The molecule has 2 nitrogen and oxygen atoms in total. The summed E-state index contributed by atoms with van der Waals surface area (Å²) in [4.78, 5) is 21.8. The van der Waals surface area contributed by atoms with Crippen LogP contribution in [0.25, 0.3) is 0 Å². The largest absolute Gasteiger partial charge is 0.294 e. The van der Waals surface area contributed by atoms with E-state index in [4.69, 9.17) is 0 Å². The third kappa shape index (κ3) is 3.72. The number of hydrogen-bond acceptors (Lipinski definition) is 3. The van der Waals surface area contributed by atoms with Crippen LogP contribution in [0.15, 0.2) is 12.7 Å². The van der Waals surface area contributed by atoms with Gasteiger partial charge in [-0.3, -0.25) is 9.59 Å². The molecule has 0 heterocycles. The van der Waals surface area contributed by atoms with Crippen molar-refractivity contribution in [3.05, 3.63) is 12.7 Å². The Morgan fingerprint density at radius 3 is 2.33 bits per heavy atom. The molecule has 0 fully saturated rings. The van der Waals surface area contributed by atoms with Gasteiger partial charge in [0, 0.05) is 18.1 Å². The van der Waals surface area contributed by atoms with E-state index in [1.54, 1.807) is 0 Å². The molecule has 0 atom stereocenters. The Bertz CT molecular complexity index is 207. The van der Waals surface area contributed by atoms with Crippen molar-refractivity contribution in [3.63, 3.8) is 0 Å². The minimum atomic E-state index is -0.474. The molecule has 68 valence electrons. The van der Waals surface area contributed by atoms with Gasteiger partial charge in [-0.05, 0) is 6.08 Å². The Kier molecular flexibility index (Phi) is 4.24. The predicted octanol–water partition coefficient (Wildman–Crippen LogP) is 2.05. The van der Waals surface area contributed by atoms with Crippen LogP contribution in [0.1, 0.15) is 20.8 Å². The molecule has 0 aromatic heterocycles. The first-order chi connectivity index (χ1) is 5.40. The van der Waals surface area contributed by atoms with E-state index in [0.717, 1.165) is 0 Å². The summed E-state index contributed by atoms with van der Waals surface area (Å²) in [6.45, 7) is 8.53. The van der Waals surface area contributed by atoms with Gasteiger partial charge in [0.1, 0.15) is 0 Å². The second-order valence-electron chi connectivity index (χ2n) is 3.23. The highest BCUT2D eigenvalue weighted by molar-refractivity contribution is 8.13. The number of thioether (sulfide) groups is 1. The monoisotopic (exact) mass is 186 g/mol. The van der Waals surface area contributed by atoms with Crippen LogP contribution in [0.5, 0.6) is 0 Å². The van der Waals surface area contributed by atoms with E-state index < -0.39 is 5.41 Å². The second kappa shape index (κ2) is 4.45. The van der Waals surface area contributed by atoms with Crippen LogP contribution < -0.4 is 0 Å². The molecule has 0 saturated heterocycles. The van der Waals surface area contributed by atoms with E-state index in [9.17, 15) is 9.59 Å². The van der Waals surface area contributed by atoms with E-state index in [0.29, 0.717) is 5.75 Å². The zero-order valence-corrected chi connectivity index (χ0v) is 8.53. The zero-order chi connectivity index (χ0) is 9.78. The summed E-state index contributed by atoms with van der Waals surface area (Å²) in [6.07, 6.45) is 1.31. The lowest BCUT2D eigenvalue weighted by Crippen LogP contribution is -2.25. The van der Waals surface area contributed by atoms with Gasteiger partial charge in [0.25, 0.3) is 0 Å². The average Bonchev–Trinajstić information content (AvgIpc) is 1.99. The fourth-order valence-corrected chi connectivity index (χ4v) is 1.34. The van der Waals surface area contributed by atoms with Crippen molar-refractivity contribution < 1.29 is 9.59 Å². The highest BCUT2D eigenvalue weighted by Crippen LogP contribution is 2.23. The first kappa shape index (κ1) is 11.4. The Morgan fingerprint density at radius 1 is 1.50 bits per heavy atom. The fraction of sp³-hybridized carbons (Fsp3) is 0.556. The number of carbonyl (C=O) groups is 2. The van der Waals surface area contributed by atoms with E-state index >= 15 is 0 Å². The summed E-state index contributed by atoms with van der Waals surface area (Å²) in [5.74, 6) is 0.504. The highest BCUT2D eigenvalue weighted by Gasteiger charge is 2.25. The topological polar surface area (TPSA) is 34.1 Å². The number of ketones is 1. The minimum Gasteiger partial charge on any atom is -0.294 e.